The van der Waals surface area contributed by atoms with E-state index in [4.69, 9.17) is 9.73 Å². The van der Waals surface area contributed by atoms with Gasteiger partial charge in [-0.05, 0) is 51.0 Å². The molecule has 1 spiro atoms. The van der Waals surface area contributed by atoms with Crippen molar-refractivity contribution in [3.05, 3.63) is 0 Å². The van der Waals surface area contributed by atoms with Gasteiger partial charge >= 0.3 is 0 Å². The van der Waals surface area contributed by atoms with E-state index in [1.165, 1.54) is 64.6 Å². The van der Waals surface area contributed by atoms with Crippen LogP contribution in [0.5, 0.6) is 0 Å². The number of rotatable bonds is 3. The molecule has 5 heteroatoms. The zero-order chi connectivity index (χ0) is 16.4. The number of guanidine groups is 1. The number of aliphatic imine (C=N–C) groups is 1. The number of morpholine rings is 1. The van der Waals surface area contributed by atoms with E-state index >= 15 is 0 Å². The summed E-state index contributed by atoms with van der Waals surface area (Å²) in [5, 5.41) is 3.52. The minimum atomic E-state index is 0.274. The van der Waals surface area contributed by atoms with Crippen LogP contribution in [0.2, 0.25) is 0 Å². The zero-order valence-electron chi connectivity index (χ0n) is 15.3. The molecule has 4 aliphatic rings. The van der Waals surface area contributed by atoms with Gasteiger partial charge in [0.2, 0.25) is 0 Å². The number of ether oxygens (including phenoxy) is 1. The van der Waals surface area contributed by atoms with Gasteiger partial charge in [-0.3, -0.25) is 9.89 Å². The first-order valence-electron chi connectivity index (χ1n) is 10.2. The van der Waals surface area contributed by atoms with Gasteiger partial charge in [0.1, 0.15) is 0 Å². The lowest BCUT2D eigenvalue weighted by molar-refractivity contribution is -0.0432. The van der Waals surface area contributed by atoms with Crippen molar-refractivity contribution in [3.63, 3.8) is 0 Å². The normalized spacial score (nSPS) is 33.4. The second kappa shape index (κ2) is 7.20. The molecule has 0 bridgehead atoms. The number of likely N-dealkylation sites (tertiary alicyclic amines) is 1. The third kappa shape index (κ3) is 3.43. The lowest BCUT2D eigenvalue weighted by Crippen LogP contribution is -2.48. The molecule has 0 radical (unpaired) electrons. The highest BCUT2D eigenvalue weighted by molar-refractivity contribution is 5.80. The first kappa shape index (κ1) is 16.6. The predicted octanol–water partition coefficient (Wildman–Crippen LogP) is 2.08. The fraction of sp³-hybridized carbons (Fsp3) is 0.947. The van der Waals surface area contributed by atoms with Crippen molar-refractivity contribution >= 4 is 5.96 Å². The van der Waals surface area contributed by atoms with Crippen LogP contribution in [0.1, 0.15) is 51.9 Å². The quantitative estimate of drug-likeness (QED) is 0.634. The smallest absolute Gasteiger partial charge is 0.194 e. The number of nitrogens with one attached hydrogen (secondary N) is 1. The van der Waals surface area contributed by atoms with Crippen LogP contribution in [0.15, 0.2) is 4.99 Å². The largest absolute Gasteiger partial charge is 0.373 e. The Morgan fingerprint density at radius 3 is 2.92 bits per heavy atom. The lowest BCUT2D eigenvalue weighted by Gasteiger charge is -2.34. The molecule has 4 rings (SSSR count). The van der Waals surface area contributed by atoms with E-state index in [2.05, 4.69) is 22.0 Å². The summed E-state index contributed by atoms with van der Waals surface area (Å²) in [6.45, 7) is 9.52. The average Bonchev–Trinajstić information content (AvgIpc) is 3.33. The van der Waals surface area contributed by atoms with Crippen LogP contribution in [-0.4, -0.2) is 73.8 Å². The fourth-order valence-corrected chi connectivity index (χ4v) is 5.26. The Morgan fingerprint density at radius 1 is 1.21 bits per heavy atom. The maximum atomic E-state index is 6.08. The minimum absolute atomic E-state index is 0.274. The van der Waals surface area contributed by atoms with Gasteiger partial charge in [-0.2, -0.15) is 0 Å². The molecule has 4 fully saturated rings. The maximum absolute atomic E-state index is 6.08. The summed E-state index contributed by atoms with van der Waals surface area (Å²) < 4.78 is 6.08. The Bertz CT molecular complexity index is 460. The molecule has 24 heavy (non-hydrogen) atoms. The van der Waals surface area contributed by atoms with Crippen molar-refractivity contribution in [1.82, 2.24) is 15.1 Å². The van der Waals surface area contributed by atoms with Gasteiger partial charge in [0.25, 0.3) is 0 Å². The van der Waals surface area contributed by atoms with Gasteiger partial charge in [-0.25, -0.2) is 0 Å². The second-order valence-electron chi connectivity index (χ2n) is 8.32. The molecule has 1 aliphatic carbocycles. The molecule has 0 aromatic heterocycles. The molecule has 136 valence electrons. The zero-order valence-corrected chi connectivity index (χ0v) is 15.3. The molecule has 3 heterocycles. The SMILES string of the molecule is CCNC(=NCC1CN2CCCC2CO1)N1CCC2(CCCC2)C1. The highest BCUT2D eigenvalue weighted by Gasteiger charge is 2.41. The first-order valence-corrected chi connectivity index (χ1v) is 10.2. The van der Waals surface area contributed by atoms with Gasteiger partial charge < -0.3 is 15.0 Å². The number of hydrogen-bond donors (Lipinski definition) is 1. The molecular formula is C19H34N4O. The number of hydrogen-bond acceptors (Lipinski definition) is 3. The van der Waals surface area contributed by atoms with Gasteiger partial charge in [0, 0.05) is 32.2 Å². The molecule has 0 aromatic rings. The third-order valence-corrected chi connectivity index (χ3v) is 6.64. The minimum Gasteiger partial charge on any atom is -0.373 e. The van der Waals surface area contributed by atoms with Gasteiger partial charge in [0.05, 0.1) is 19.3 Å². The second-order valence-corrected chi connectivity index (χ2v) is 8.32. The molecule has 2 atom stereocenters. The maximum Gasteiger partial charge on any atom is 0.194 e. The van der Waals surface area contributed by atoms with E-state index < -0.39 is 0 Å². The fourth-order valence-electron chi connectivity index (χ4n) is 5.26. The van der Waals surface area contributed by atoms with Crippen LogP contribution in [0, 0.1) is 5.41 Å². The standard InChI is InChI=1S/C19H34N4O/c1-2-20-18(23-11-9-19(15-23)7-3-4-8-19)21-12-17-13-22-10-5-6-16(22)14-24-17/h16-17H,2-15H2,1H3,(H,20,21). The summed E-state index contributed by atoms with van der Waals surface area (Å²) in [7, 11) is 0. The summed E-state index contributed by atoms with van der Waals surface area (Å²) in [6.07, 6.45) is 9.97. The molecule has 0 aromatic carbocycles. The van der Waals surface area contributed by atoms with Crippen LogP contribution in [0.25, 0.3) is 0 Å². The summed E-state index contributed by atoms with van der Waals surface area (Å²) >= 11 is 0. The van der Waals surface area contributed by atoms with E-state index in [-0.39, 0.29) is 6.10 Å². The molecule has 0 amide bonds. The Morgan fingerprint density at radius 2 is 2.08 bits per heavy atom. The third-order valence-electron chi connectivity index (χ3n) is 6.64. The summed E-state index contributed by atoms with van der Waals surface area (Å²) in [5.41, 5.74) is 0.598. The molecule has 3 aliphatic heterocycles. The molecule has 5 nitrogen and oxygen atoms in total. The summed E-state index contributed by atoms with van der Waals surface area (Å²) in [5.74, 6) is 1.12. The molecular weight excluding hydrogens is 300 g/mol. The summed E-state index contributed by atoms with van der Waals surface area (Å²) in [4.78, 5) is 10.1. The average molecular weight is 335 g/mol. The monoisotopic (exact) mass is 334 g/mol. The van der Waals surface area contributed by atoms with Crippen molar-refractivity contribution < 1.29 is 4.74 Å². The molecule has 2 unspecified atom stereocenters. The molecule has 1 N–H and O–H groups in total. The van der Waals surface area contributed by atoms with E-state index in [9.17, 15) is 0 Å². The Labute approximate surface area is 146 Å². The number of nitrogens with zero attached hydrogens (tertiary/aromatic N) is 3. The van der Waals surface area contributed by atoms with E-state index in [1.807, 2.05) is 0 Å². The molecule has 3 saturated heterocycles. The van der Waals surface area contributed by atoms with Crippen molar-refractivity contribution in [1.29, 1.82) is 0 Å². The van der Waals surface area contributed by atoms with Crippen molar-refractivity contribution in [2.24, 2.45) is 10.4 Å². The van der Waals surface area contributed by atoms with Crippen LogP contribution < -0.4 is 5.32 Å². The lowest BCUT2D eigenvalue weighted by atomic mass is 9.86. The van der Waals surface area contributed by atoms with Crippen LogP contribution in [0.3, 0.4) is 0 Å². The van der Waals surface area contributed by atoms with Crippen LogP contribution in [0.4, 0.5) is 0 Å². The van der Waals surface area contributed by atoms with E-state index in [1.54, 1.807) is 0 Å². The highest BCUT2D eigenvalue weighted by Crippen LogP contribution is 2.45. The highest BCUT2D eigenvalue weighted by atomic mass is 16.5. The molecule has 1 saturated carbocycles. The van der Waals surface area contributed by atoms with Crippen molar-refractivity contribution in [2.45, 2.75) is 64.0 Å². The Hall–Kier alpha value is -0.810. The van der Waals surface area contributed by atoms with Gasteiger partial charge in [-0.1, -0.05) is 12.8 Å². The van der Waals surface area contributed by atoms with Gasteiger partial charge in [0.15, 0.2) is 5.96 Å². The van der Waals surface area contributed by atoms with Crippen LogP contribution in [-0.2, 0) is 4.74 Å². The van der Waals surface area contributed by atoms with E-state index in [0.717, 1.165) is 32.2 Å². The Kier molecular flexibility index (Phi) is 5.00. The van der Waals surface area contributed by atoms with Gasteiger partial charge in [-0.15, -0.1) is 0 Å². The number of fused-ring (bicyclic) bond motifs is 1. The van der Waals surface area contributed by atoms with Crippen LogP contribution >= 0.6 is 0 Å². The topological polar surface area (TPSA) is 40.1 Å². The van der Waals surface area contributed by atoms with Crippen molar-refractivity contribution in [2.75, 3.05) is 45.9 Å². The predicted molar refractivity (Wildman–Crippen MR) is 97.4 cm³/mol. The van der Waals surface area contributed by atoms with Crippen molar-refractivity contribution in [3.8, 4) is 0 Å². The Balaban J connectivity index is 1.35. The first-order chi connectivity index (χ1) is 11.8. The summed E-state index contributed by atoms with van der Waals surface area (Å²) in [6, 6.07) is 0.680. The van der Waals surface area contributed by atoms with E-state index in [0.29, 0.717) is 11.5 Å².